The van der Waals surface area contributed by atoms with Crippen LogP contribution in [0.15, 0.2) is 36.5 Å². The molecule has 1 heterocycles. The molecule has 0 aliphatic rings. The number of aromatic nitrogens is 1. The van der Waals surface area contributed by atoms with Crippen LogP contribution < -0.4 is 10.6 Å². The number of amides is 2. The Kier molecular flexibility index (Phi) is 4.82. The maximum atomic E-state index is 13.0. The molecule has 24 heavy (non-hydrogen) atoms. The Morgan fingerprint density at radius 2 is 1.79 bits per heavy atom. The summed E-state index contributed by atoms with van der Waals surface area (Å²) < 4.78 is 13.0. The lowest BCUT2D eigenvalue weighted by Crippen LogP contribution is -2.54. The molecule has 1 aromatic carbocycles. The molecule has 2 amide bonds. The van der Waals surface area contributed by atoms with E-state index in [1.807, 2.05) is 0 Å². The normalized spacial score (nSPS) is 11.0. The molecule has 0 saturated carbocycles. The second-order valence-corrected chi connectivity index (χ2v) is 5.76. The molecule has 126 valence electrons. The van der Waals surface area contributed by atoms with E-state index >= 15 is 0 Å². The zero-order valence-corrected chi connectivity index (χ0v) is 13.6. The molecule has 6 nitrogen and oxygen atoms in total. The number of aromatic hydroxyl groups is 1. The van der Waals surface area contributed by atoms with Gasteiger partial charge in [-0.25, -0.2) is 9.37 Å². The molecule has 2 aromatic rings. The van der Waals surface area contributed by atoms with E-state index in [0.29, 0.717) is 11.1 Å². The lowest BCUT2D eigenvalue weighted by molar-refractivity contribution is -0.125. The number of halogens is 1. The third kappa shape index (κ3) is 3.68. The van der Waals surface area contributed by atoms with Gasteiger partial charge in [0, 0.05) is 18.8 Å². The van der Waals surface area contributed by atoms with Gasteiger partial charge in [-0.05, 0) is 37.6 Å². The average molecular weight is 331 g/mol. The molecule has 0 saturated heterocycles. The maximum absolute atomic E-state index is 13.0. The fraction of sp³-hybridized carbons (Fsp3) is 0.235. The quantitative estimate of drug-likeness (QED) is 0.797. The number of carbonyl (C=O) groups excluding carboxylic acids is 2. The van der Waals surface area contributed by atoms with Crippen LogP contribution in [0.25, 0.3) is 11.1 Å². The summed E-state index contributed by atoms with van der Waals surface area (Å²) in [6.07, 6.45) is 1.40. The highest BCUT2D eigenvalue weighted by molar-refractivity contribution is 5.99. The molecule has 7 heteroatoms. The molecule has 0 unspecified atom stereocenters. The van der Waals surface area contributed by atoms with Crippen molar-refractivity contribution in [2.45, 2.75) is 19.4 Å². The zero-order chi connectivity index (χ0) is 17.9. The largest absolute Gasteiger partial charge is 0.505 e. The lowest BCUT2D eigenvalue weighted by Gasteiger charge is -2.24. The number of likely N-dealkylation sites (N-methyl/N-ethyl adjacent to an activating group) is 1. The summed E-state index contributed by atoms with van der Waals surface area (Å²) in [5, 5.41) is 15.0. The van der Waals surface area contributed by atoms with Gasteiger partial charge in [0.1, 0.15) is 17.1 Å². The van der Waals surface area contributed by atoms with Gasteiger partial charge in [0.25, 0.3) is 5.91 Å². The summed E-state index contributed by atoms with van der Waals surface area (Å²) in [5.41, 5.74) is -0.167. The van der Waals surface area contributed by atoms with Crippen molar-refractivity contribution in [1.29, 1.82) is 0 Å². The summed E-state index contributed by atoms with van der Waals surface area (Å²) in [6.45, 7) is 3.07. The summed E-state index contributed by atoms with van der Waals surface area (Å²) >= 11 is 0. The minimum absolute atomic E-state index is 0.196. The summed E-state index contributed by atoms with van der Waals surface area (Å²) in [4.78, 5) is 27.9. The van der Waals surface area contributed by atoms with Crippen molar-refractivity contribution < 1.29 is 19.1 Å². The first-order valence-electron chi connectivity index (χ1n) is 7.24. The van der Waals surface area contributed by atoms with E-state index in [0.717, 1.165) is 0 Å². The molecule has 0 aliphatic carbocycles. The third-order valence-electron chi connectivity index (χ3n) is 3.48. The van der Waals surface area contributed by atoms with Crippen LogP contribution in [0.5, 0.6) is 5.75 Å². The number of hydrogen-bond donors (Lipinski definition) is 3. The monoisotopic (exact) mass is 331 g/mol. The average Bonchev–Trinajstić information content (AvgIpc) is 2.54. The van der Waals surface area contributed by atoms with Gasteiger partial charge in [-0.2, -0.15) is 0 Å². The number of pyridine rings is 1. The van der Waals surface area contributed by atoms with Gasteiger partial charge in [-0.15, -0.1) is 0 Å². The van der Waals surface area contributed by atoms with Crippen molar-refractivity contribution in [2.75, 3.05) is 7.05 Å². The molecular formula is C17H18FN3O3. The van der Waals surface area contributed by atoms with Gasteiger partial charge < -0.3 is 15.7 Å². The van der Waals surface area contributed by atoms with E-state index in [-0.39, 0.29) is 23.2 Å². The topological polar surface area (TPSA) is 91.3 Å². The van der Waals surface area contributed by atoms with Crippen molar-refractivity contribution in [3.05, 3.63) is 48.0 Å². The first-order chi connectivity index (χ1) is 11.2. The van der Waals surface area contributed by atoms with Gasteiger partial charge in [0.05, 0.1) is 0 Å². The number of hydrogen-bond acceptors (Lipinski definition) is 4. The van der Waals surface area contributed by atoms with Crippen LogP contribution in [0.4, 0.5) is 4.39 Å². The summed E-state index contributed by atoms with van der Waals surface area (Å²) in [6, 6.07) is 7.03. The molecule has 0 atom stereocenters. The highest BCUT2D eigenvalue weighted by Gasteiger charge is 2.30. The van der Waals surface area contributed by atoms with E-state index in [4.69, 9.17) is 0 Å². The van der Waals surface area contributed by atoms with Crippen LogP contribution in [0.3, 0.4) is 0 Å². The van der Waals surface area contributed by atoms with Gasteiger partial charge in [-0.1, -0.05) is 12.1 Å². The smallest absolute Gasteiger partial charge is 0.274 e. The molecule has 1 aromatic heterocycles. The Balaban J connectivity index is 2.25. The van der Waals surface area contributed by atoms with Crippen LogP contribution in [-0.2, 0) is 4.79 Å². The fourth-order valence-electron chi connectivity index (χ4n) is 2.14. The van der Waals surface area contributed by atoms with E-state index in [2.05, 4.69) is 15.6 Å². The van der Waals surface area contributed by atoms with E-state index in [1.54, 1.807) is 12.1 Å². The van der Waals surface area contributed by atoms with Crippen LogP contribution in [-0.4, -0.2) is 34.5 Å². The number of rotatable bonds is 4. The Morgan fingerprint density at radius 1 is 1.17 bits per heavy atom. The first kappa shape index (κ1) is 17.4. The van der Waals surface area contributed by atoms with Crippen LogP contribution in [0, 0.1) is 5.82 Å². The van der Waals surface area contributed by atoms with Gasteiger partial charge in [0.2, 0.25) is 5.91 Å². The summed E-state index contributed by atoms with van der Waals surface area (Å²) in [5.74, 6) is -1.75. The maximum Gasteiger partial charge on any atom is 0.274 e. The number of nitrogens with zero attached hydrogens (tertiary/aromatic N) is 1. The molecule has 0 bridgehead atoms. The Bertz CT molecular complexity index is 773. The molecule has 0 spiro atoms. The van der Waals surface area contributed by atoms with Gasteiger partial charge >= 0.3 is 0 Å². The van der Waals surface area contributed by atoms with Crippen molar-refractivity contribution >= 4 is 11.8 Å². The highest BCUT2D eigenvalue weighted by Crippen LogP contribution is 2.25. The Hall–Kier alpha value is -2.96. The van der Waals surface area contributed by atoms with Crippen molar-refractivity contribution in [3.63, 3.8) is 0 Å². The second-order valence-electron chi connectivity index (χ2n) is 5.76. The van der Waals surface area contributed by atoms with Gasteiger partial charge in [-0.3, -0.25) is 9.59 Å². The van der Waals surface area contributed by atoms with Gasteiger partial charge in [0.15, 0.2) is 5.69 Å². The second kappa shape index (κ2) is 6.66. The van der Waals surface area contributed by atoms with Crippen molar-refractivity contribution in [2.24, 2.45) is 0 Å². The fourth-order valence-corrected chi connectivity index (χ4v) is 2.14. The van der Waals surface area contributed by atoms with E-state index in [1.165, 1.54) is 45.3 Å². The Labute approximate surface area is 138 Å². The highest BCUT2D eigenvalue weighted by atomic mass is 19.1. The molecule has 0 fully saturated rings. The van der Waals surface area contributed by atoms with Crippen LogP contribution >= 0.6 is 0 Å². The molecular weight excluding hydrogens is 313 g/mol. The number of nitrogens with one attached hydrogen (secondary N) is 2. The molecule has 0 aliphatic heterocycles. The van der Waals surface area contributed by atoms with Crippen LogP contribution in [0.2, 0.25) is 0 Å². The predicted molar refractivity (Wildman–Crippen MR) is 86.9 cm³/mol. The molecule has 0 radical (unpaired) electrons. The van der Waals surface area contributed by atoms with Crippen molar-refractivity contribution in [1.82, 2.24) is 15.6 Å². The summed E-state index contributed by atoms with van der Waals surface area (Å²) in [7, 11) is 1.46. The lowest BCUT2D eigenvalue weighted by atomic mass is 10.0. The first-order valence-corrected chi connectivity index (χ1v) is 7.24. The molecule has 3 N–H and O–H groups in total. The predicted octanol–water partition coefficient (Wildman–Crippen LogP) is 1.85. The van der Waals surface area contributed by atoms with Crippen molar-refractivity contribution in [3.8, 4) is 16.9 Å². The SMILES string of the molecule is CNC(=O)C(C)(C)NC(=O)c1ncc(-c2ccc(F)cc2)cc1O. The molecule has 2 rings (SSSR count). The number of benzene rings is 1. The standard InChI is InChI=1S/C17H18FN3O3/c1-17(2,16(24)19-3)21-15(23)14-13(22)8-11(9-20-14)10-4-6-12(18)7-5-10/h4-9,22H,1-3H3,(H,19,24)(H,21,23). The Morgan fingerprint density at radius 3 is 2.33 bits per heavy atom. The minimum atomic E-state index is -1.16. The van der Waals surface area contributed by atoms with Crippen LogP contribution in [0.1, 0.15) is 24.3 Å². The number of carbonyl (C=O) groups is 2. The third-order valence-corrected chi connectivity index (χ3v) is 3.48. The zero-order valence-electron chi connectivity index (χ0n) is 13.6. The minimum Gasteiger partial charge on any atom is -0.505 e. The van der Waals surface area contributed by atoms with E-state index in [9.17, 15) is 19.1 Å². The van der Waals surface area contributed by atoms with E-state index < -0.39 is 11.4 Å².